The first-order valence-corrected chi connectivity index (χ1v) is 8.65. The third-order valence-corrected chi connectivity index (χ3v) is 4.31. The summed E-state index contributed by atoms with van der Waals surface area (Å²) in [5.74, 6) is 1.66. The molecule has 1 aliphatic rings. The molecule has 1 aliphatic heterocycles. The minimum absolute atomic E-state index is 0.0437. The van der Waals surface area contributed by atoms with Crippen molar-refractivity contribution in [2.75, 3.05) is 12.0 Å². The van der Waals surface area contributed by atoms with Crippen LogP contribution in [0.5, 0.6) is 5.75 Å². The van der Waals surface area contributed by atoms with E-state index < -0.39 is 6.04 Å². The van der Waals surface area contributed by atoms with E-state index in [9.17, 15) is 4.79 Å². The van der Waals surface area contributed by atoms with Gasteiger partial charge in [0.05, 0.1) is 12.1 Å². The number of nitrogens with one attached hydrogen (secondary N) is 1. The normalized spacial score (nSPS) is 21.0. The van der Waals surface area contributed by atoms with E-state index in [0.29, 0.717) is 6.42 Å². The maximum Gasteiger partial charge on any atom is 0.237 e. The van der Waals surface area contributed by atoms with Crippen molar-refractivity contribution in [3.05, 3.63) is 29.8 Å². The Labute approximate surface area is 130 Å². The van der Waals surface area contributed by atoms with Gasteiger partial charge in [-0.3, -0.25) is 4.79 Å². The summed E-state index contributed by atoms with van der Waals surface area (Å²) in [4.78, 5) is 12.3. The Morgan fingerprint density at radius 1 is 1.52 bits per heavy atom. The fraction of sp³-hybridized carbons (Fsp3) is 0.562. The number of rotatable bonds is 5. The second-order valence-corrected chi connectivity index (χ2v) is 7.04. The third-order valence-electron chi connectivity index (χ3n) is 3.66. The highest BCUT2D eigenvalue weighted by atomic mass is 32.2. The van der Waals surface area contributed by atoms with Crippen molar-refractivity contribution in [3.8, 4) is 5.75 Å². The number of para-hydroxylation sites is 1. The molecule has 3 N–H and O–H groups in total. The number of hydrogen-bond acceptors (Lipinski definition) is 4. The molecule has 1 aromatic carbocycles. The van der Waals surface area contributed by atoms with Crippen LogP contribution in [0.4, 0.5) is 0 Å². The summed E-state index contributed by atoms with van der Waals surface area (Å²) in [5, 5.41) is 3.09. The number of nitrogens with two attached hydrogens (primary N) is 1. The smallest absolute Gasteiger partial charge is 0.237 e. The Morgan fingerprint density at radius 2 is 2.24 bits per heavy atom. The first-order chi connectivity index (χ1) is 9.93. The number of fused-ring (bicyclic) bond motifs is 1. The summed E-state index contributed by atoms with van der Waals surface area (Å²) < 4.78 is 5.97. The molecule has 2 rings (SSSR count). The van der Waals surface area contributed by atoms with E-state index in [1.165, 1.54) is 0 Å². The highest BCUT2D eigenvalue weighted by molar-refractivity contribution is 7.98. The summed E-state index contributed by atoms with van der Waals surface area (Å²) >= 11 is 1.70. The van der Waals surface area contributed by atoms with E-state index in [2.05, 4.69) is 5.32 Å². The first-order valence-electron chi connectivity index (χ1n) is 7.26. The van der Waals surface area contributed by atoms with Crippen molar-refractivity contribution < 1.29 is 9.53 Å². The highest BCUT2D eigenvalue weighted by Crippen LogP contribution is 2.39. The molecule has 0 saturated carbocycles. The molecule has 1 amide bonds. The van der Waals surface area contributed by atoms with E-state index in [-0.39, 0.29) is 17.6 Å². The maximum atomic E-state index is 12.3. The van der Waals surface area contributed by atoms with E-state index in [1.807, 2.05) is 44.4 Å². The fourth-order valence-electron chi connectivity index (χ4n) is 2.59. The lowest BCUT2D eigenvalue weighted by molar-refractivity contribution is -0.123. The van der Waals surface area contributed by atoms with Crippen molar-refractivity contribution in [2.24, 2.45) is 5.73 Å². The van der Waals surface area contributed by atoms with Crippen LogP contribution in [0, 0.1) is 0 Å². The second-order valence-electron chi connectivity index (χ2n) is 6.05. The molecule has 1 aromatic rings. The lowest BCUT2D eigenvalue weighted by atomic mass is 9.89. The molecule has 0 spiro atoms. The Morgan fingerprint density at radius 3 is 2.95 bits per heavy atom. The van der Waals surface area contributed by atoms with E-state index in [0.717, 1.165) is 23.5 Å². The van der Waals surface area contributed by atoms with Gasteiger partial charge in [-0.25, -0.2) is 0 Å². The molecular formula is C16H24N2O2S. The average molecular weight is 308 g/mol. The number of ether oxygens (including phenoxy) is 1. The fourth-order valence-corrected chi connectivity index (χ4v) is 3.08. The summed E-state index contributed by atoms with van der Waals surface area (Å²) in [5.41, 5.74) is 6.69. The predicted molar refractivity (Wildman–Crippen MR) is 87.6 cm³/mol. The topological polar surface area (TPSA) is 64.4 Å². The quantitative estimate of drug-likeness (QED) is 0.877. The van der Waals surface area contributed by atoms with Crippen LogP contribution in [0.1, 0.15) is 38.3 Å². The zero-order valence-electron chi connectivity index (χ0n) is 12.9. The molecule has 1 unspecified atom stereocenters. The first kappa shape index (κ1) is 16.2. The third kappa shape index (κ3) is 4.14. The van der Waals surface area contributed by atoms with Crippen LogP contribution < -0.4 is 15.8 Å². The standard InChI is InChI=1S/C16H24N2O2S/c1-16(2)10-13(11-6-4-5-7-14(11)20-16)18-15(19)12(17)8-9-21-3/h4-7,12-13H,8-10,17H2,1-3H3,(H,18,19)/t12-,13?/m0/s1. The number of thioether (sulfide) groups is 1. The van der Waals surface area contributed by atoms with Gasteiger partial charge < -0.3 is 15.8 Å². The molecule has 21 heavy (non-hydrogen) atoms. The lowest BCUT2D eigenvalue weighted by Crippen LogP contribution is -2.46. The van der Waals surface area contributed by atoms with Gasteiger partial charge in [0.25, 0.3) is 0 Å². The van der Waals surface area contributed by atoms with Crippen LogP contribution in [0.25, 0.3) is 0 Å². The van der Waals surface area contributed by atoms with Gasteiger partial charge >= 0.3 is 0 Å². The summed E-state index contributed by atoms with van der Waals surface area (Å²) in [6.07, 6.45) is 3.45. The van der Waals surface area contributed by atoms with Crippen LogP contribution in [-0.4, -0.2) is 29.6 Å². The molecule has 0 fully saturated rings. The van der Waals surface area contributed by atoms with Crippen molar-refractivity contribution >= 4 is 17.7 Å². The van der Waals surface area contributed by atoms with Crippen LogP contribution in [0.3, 0.4) is 0 Å². The second kappa shape index (κ2) is 6.71. The van der Waals surface area contributed by atoms with Gasteiger partial charge in [0.2, 0.25) is 5.91 Å². The lowest BCUT2D eigenvalue weighted by Gasteiger charge is -2.38. The van der Waals surface area contributed by atoms with Crippen molar-refractivity contribution in [2.45, 2.75) is 44.4 Å². The molecule has 0 aliphatic carbocycles. The molecule has 0 radical (unpaired) electrons. The van der Waals surface area contributed by atoms with Gasteiger partial charge in [-0.15, -0.1) is 0 Å². The number of benzene rings is 1. The Balaban J connectivity index is 2.10. The van der Waals surface area contributed by atoms with E-state index in [1.54, 1.807) is 11.8 Å². The average Bonchev–Trinajstić information content (AvgIpc) is 2.43. The predicted octanol–water partition coefficient (Wildman–Crippen LogP) is 2.49. The number of hydrogen-bond donors (Lipinski definition) is 2. The minimum atomic E-state index is -0.449. The van der Waals surface area contributed by atoms with Crippen molar-refractivity contribution in [1.29, 1.82) is 0 Å². The van der Waals surface area contributed by atoms with Crippen LogP contribution >= 0.6 is 11.8 Å². The number of amides is 1. The molecule has 116 valence electrons. The van der Waals surface area contributed by atoms with E-state index >= 15 is 0 Å². The maximum absolute atomic E-state index is 12.3. The van der Waals surface area contributed by atoms with Gasteiger partial charge in [0.1, 0.15) is 11.4 Å². The van der Waals surface area contributed by atoms with E-state index in [4.69, 9.17) is 10.5 Å². The summed E-state index contributed by atoms with van der Waals surface area (Å²) in [7, 11) is 0. The van der Waals surface area contributed by atoms with Gasteiger partial charge in [-0.2, -0.15) is 11.8 Å². The SMILES string of the molecule is CSCC[C@H](N)C(=O)NC1CC(C)(C)Oc2ccccc21. The van der Waals surface area contributed by atoms with Gasteiger partial charge in [0, 0.05) is 12.0 Å². The molecule has 5 heteroatoms. The van der Waals surface area contributed by atoms with Crippen molar-refractivity contribution in [1.82, 2.24) is 5.32 Å². The Kier molecular flexibility index (Phi) is 5.17. The summed E-state index contributed by atoms with van der Waals surface area (Å²) in [6.45, 7) is 4.07. The van der Waals surface area contributed by atoms with Gasteiger partial charge in [-0.05, 0) is 38.3 Å². The Hall–Kier alpha value is -1.20. The molecule has 2 atom stereocenters. The Bertz CT molecular complexity index is 505. The van der Waals surface area contributed by atoms with Crippen LogP contribution in [0.2, 0.25) is 0 Å². The zero-order chi connectivity index (χ0) is 15.5. The molecule has 0 aromatic heterocycles. The molecule has 1 heterocycles. The zero-order valence-corrected chi connectivity index (χ0v) is 13.7. The number of carbonyl (C=O) groups excluding carboxylic acids is 1. The number of carbonyl (C=O) groups is 1. The molecular weight excluding hydrogens is 284 g/mol. The highest BCUT2D eigenvalue weighted by Gasteiger charge is 2.34. The monoisotopic (exact) mass is 308 g/mol. The van der Waals surface area contributed by atoms with Crippen LogP contribution in [-0.2, 0) is 4.79 Å². The summed E-state index contributed by atoms with van der Waals surface area (Å²) in [6, 6.07) is 7.37. The van der Waals surface area contributed by atoms with Gasteiger partial charge in [-0.1, -0.05) is 18.2 Å². The van der Waals surface area contributed by atoms with Gasteiger partial charge in [0.15, 0.2) is 0 Å². The minimum Gasteiger partial charge on any atom is -0.487 e. The van der Waals surface area contributed by atoms with Crippen LogP contribution in [0.15, 0.2) is 24.3 Å². The molecule has 0 bridgehead atoms. The largest absolute Gasteiger partial charge is 0.487 e. The van der Waals surface area contributed by atoms with Crippen molar-refractivity contribution in [3.63, 3.8) is 0 Å². The molecule has 0 saturated heterocycles. The molecule has 4 nitrogen and oxygen atoms in total.